The fraction of sp³-hybridized carbons (Fsp3) is 0.300. The first-order valence-electron chi connectivity index (χ1n) is 4.53. The Morgan fingerprint density at radius 2 is 2.20 bits per heavy atom. The molecule has 82 valence electrons. The Balaban J connectivity index is 0.00000112. The molecule has 0 spiro atoms. The van der Waals surface area contributed by atoms with Gasteiger partial charge < -0.3 is 10.1 Å². The van der Waals surface area contributed by atoms with Crippen molar-refractivity contribution < 1.29 is 4.74 Å². The Bertz CT molecular complexity index is 418. The van der Waals surface area contributed by atoms with Crippen LogP contribution in [0.25, 0.3) is 10.1 Å². The molecule has 1 heterocycles. The second kappa shape index (κ2) is 5.90. The van der Waals surface area contributed by atoms with Crippen molar-refractivity contribution >= 4 is 34.0 Å². The summed E-state index contributed by atoms with van der Waals surface area (Å²) in [5.41, 5.74) is 0. The average Bonchev–Trinajstić information content (AvgIpc) is 2.63. The molecule has 0 atom stereocenters. The lowest BCUT2D eigenvalue weighted by Crippen LogP contribution is -2.16. The third-order valence-corrected chi connectivity index (χ3v) is 2.75. The summed E-state index contributed by atoms with van der Waals surface area (Å²) < 4.78 is 11.0. The molecule has 0 aliphatic heterocycles. The van der Waals surface area contributed by atoms with Crippen LogP contribution in [0.1, 0.15) is 0 Å². The third-order valence-electron chi connectivity index (χ3n) is 1.94. The number of ether oxygens (including phenoxy) is 1. The van der Waals surface area contributed by atoms with Gasteiger partial charge in [-0.25, -0.2) is 0 Å². The number of nitrogens with zero attached hydrogens (tertiary/aromatic N) is 1. The number of aromatic nitrogens is 1. The maximum Gasteiger partial charge on any atom is 0.233 e. The Morgan fingerprint density at radius 1 is 1.40 bits per heavy atom. The Kier molecular flexibility index (Phi) is 4.81. The second-order valence-electron chi connectivity index (χ2n) is 2.94. The van der Waals surface area contributed by atoms with Gasteiger partial charge in [-0.05, 0) is 30.7 Å². The first kappa shape index (κ1) is 12.2. The quantitative estimate of drug-likeness (QED) is 0.839. The van der Waals surface area contributed by atoms with E-state index in [2.05, 4.69) is 15.8 Å². The van der Waals surface area contributed by atoms with Crippen molar-refractivity contribution in [3.63, 3.8) is 0 Å². The van der Waals surface area contributed by atoms with Crippen LogP contribution in [0.3, 0.4) is 0 Å². The summed E-state index contributed by atoms with van der Waals surface area (Å²) in [5, 5.41) is 4.13. The number of nitrogens with one attached hydrogen (secondary N) is 1. The highest BCUT2D eigenvalue weighted by atomic mass is 35.5. The molecule has 1 N–H and O–H groups in total. The van der Waals surface area contributed by atoms with Crippen LogP contribution in [0.2, 0.25) is 0 Å². The van der Waals surface area contributed by atoms with E-state index in [1.165, 1.54) is 16.2 Å². The number of halogens is 1. The van der Waals surface area contributed by atoms with Gasteiger partial charge in [0.25, 0.3) is 0 Å². The molecule has 0 bridgehead atoms. The van der Waals surface area contributed by atoms with Crippen molar-refractivity contribution in [3.05, 3.63) is 24.3 Å². The van der Waals surface area contributed by atoms with Crippen molar-refractivity contribution in [2.24, 2.45) is 0 Å². The minimum Gasteiger partial charge on any atom is -0.475 e. The Labute approximate surface area is 99.0 Å². The number of likely N-dealkylation sites (N-methyl/N-ethyl adjacent to an activating group) is 1. The minimum absolute atomic E-state index is 0. The molecular formula is C10H13ClN2OS. The minimum atomic E-state index is 0. The van der Waals surface area contributed by atoms with Gasteiger partial charge in [0.05, 0.1) is 10.1 Å². The van der Waals surface area contributed by atoms with Gasteiger partial charge in [0.1, 0.15) is 6.61 Å². The van der Waals surface area contributed by atoms with Gasteiger partial charge in [-0.15, -0.1) is 12.4 Å². The van der Waals surface area contributed by atoms with Crippen LogP contribution in [-0.2, 0) is 0 Å². The van der Waals surface area contributed by atoms with E-state index in [9.17, 15) is 0 Å². The molecule has 2 rings (SSSR count). The summed E-state index contributed by atoms with van der Waals surface area (Å²) in [6, 6.07) is 8.10. The van der Waals surface area contributed by atoms with Crippen molar-refractivity contribution in [3.8, 4) is 5.88 Å². The molecule has 0 amide bonds. The molecular weight excluding hydrogens is 232 g/mol. The third kappa shape index (κ3) is 2.81. The van der Waals surface area contributed by atoms with Crippen LogP contribution in [0.15, 0.2) is 24.3 Å². The normalized spacial score (nSPS) is 9.93. The van der Waals surface area contributed by atoms with Crippen LogP contribution in [0, 0.1) is 0 Å². The van der Waals surface area contributed by atoms with E-state index in [4.69, 9.17) is 4.74 Å². The summed E-state index contributed by atoms with van der Waals surface area (Å²) in [5.74, 6) is 0.751. The smallest absolute Gasteiger partial charge is 0.233 e. The van der Waals surface area contributed by atoms with Crippen molar-refractivity contribution in [1.29, 1.82) is 0 Å². The van der Waals surface area contributed by atoms with Gasteiger partial charge in [-0.3, -0.25) is 0 Å². The topological polar surface area (TPSA) is 34.1 Å². The van der Waals surface area contributed by atoms with E-state index in [0.717, 1.165) is 17.8 Å². The number of hydrogen-bond donors (Lipinski definition) is 1. The fourth-order valence-corrected chi connectivity index (χ4v) is 1.94. The zero-order valence-electron chi connectivity index (χ0n) is 8.40. The molecule has 0 saturated heterocycles. The predicted octanol–water partition coefficient (Wildman–Crippen LogP) is 2.32. The molecule has 0 fully saturated rings. The van der Waals surface area contributed by atoms with Gasteiger partial charge in [-0.2, -0.15) is 4.37 Å². The maximum atomic E-state index is 5.54. The van der Waals surface area contributed by atoms with E-state index in [1.54, 1.807) is 0 Å². The number of rotatable bonds is 4. The lowest BCUT2D eigenvalue weighted by molar-refractivity contribution is 0.313. The Hall–Kier alpha value is -0.840. The zero-order chi connectivity index (χ0) is 9.80. The molecule has 15 heavy (non-hydrogen) atoms. The highest BCUT2D eigenvalue weighted by Gasteiger charge is 2.04. The van der Waals surface area contributed by atoms with E-state index < -0.39 is 0 Å². The number of fused-ring (bicyclic) bond motifs is 1. The average molecular weight is 245 g/mol. The van der Waals surface area contributed by atoms with Gasteiger partial charge in [0.2, 0.25) is 5.88 Å². The fourth-order valence-electron chi connectivity index (χ4n) is 1.22. The highest BCUT2D eigenvalue weighted by molar-refractivity contribution is 7.13. The van der Waals surface area contributed by atoms with Gasteiger partial charge in [-0.1, -0.05) is 12.1 Å². The van der Waals surface area contributed by atoms with Crippen molar-refractivity contribution in [2.45, 2.75) is 0 Å². The molecule has 1 aromatic heterocycles. The van der Waals surface area contributed by atoms with E-state index in [-0.39, 0.29) is 12.4 Å². The summed E-state index contributed by atoms with van der Waals surface area (Å²) in [6.07, 6.45) is 0. The number of hydrogen-bond acceptors (Lipinski definition) is 4. The predicted molar refractivity (Wildman–Crippen MR) is 66.3 cm³/mol. The molecule has 1 aromatic carbocycles. The summed E-state index contributed by atoms with van der Waals surface area (Å²) >= 11 is 1.48. The lowest BCUT2D eigenvalue weighted by atomic mass is 10.3. The summed E-state index contributed by atoms with van der Waals surface area (Å²) in [6.45, 7) is 1.50. The first-order valence-corrected chi connectivity index (χ1v) is 5.31. The molecule has 2 aromatic rings. The summed E-state index contributed by atoms with van der Waals surface area (Å²) in [4.78, 5) is 0. The standard InChI is InChI=1S/C10H12N2OS.ClH/c1-11-6-7-13-10-8-4-2-3-5-9(8)14-12-10;/h2-5,11H,6-7H2,1H3;1H. The molecule has 0 aliphatic rings. The van der Waals surface area contributed by atoms with Crippen LogP contribution in [-0.4, -0.2) is 24.6 Å². The van der Waals surface area contributed by atoms with Gasteiger partial charge in [0.15, 0.2) is 0 Å². The molecule has 3 nitrogen and oxygen atoms in total. The van der Waals surface area contributed by atoms with Crippen molar-refractivity contribution in [2.75, 3.05) is 20.2 Å². The molecule has 0 unspecified atom stereocenters. The molecule has 5 heteroatoms. The lowest BCUT2D eigenvalue weighted by Gasteiger charge is -2.01. The van der Waals surface area contributed by atoms with E-state index >= 15 is 0 Å². The van der Waals surface area contributed by atoms with Gasteiger partial charge in [0, 0.05) is 6.54 Å². The maximum absolute atomic E-state index is 5.54. The Morgan fingerprint density at radius 3 is 3.00 bits per heavy atom. The summed E-state index contributed by atoms with van der Waals surface area (Å²) in [7, 11) is 1.91. The van der Waals surface area contributed by atoms with Crippen LogP contribution in [0.4, 0.5) is 0 Å². The highest BCUT2D eigenvalue weighted by Crippen LogP contribution is 2.27. The first-order chi connectivity index (χ1) is 6.92. The molecule has 0 radical (unpaired) electrons. The van der Waals surface area contributed by atoms with Crippen LogP contribution >= 0.6 is 23.9 Å². The van der Waals surface area contributed by atoms with Gasteiger partial charge >= 0.3 is 0 Å². The molecule has 0 aliphatic carbocycles. The zero-order valence-corrected chi connectivity index (χ0v) is 10.0. The molecule has 0 saturated carbocycles. The van der Waals surface area contributed by atoms with E-state index in [0.29, 0.717) is 6.61 Å². The SMILES string of the molecule is CNCCOc1nsc2ccccc12.Cl. The monoisotopic (exact) mass is 244 g/mol. The van der Waals surface area contributed by atoms with Crippen molar-refractivity contribution in [1.82, 2.24) is 9.69 Å². The second-order valence-corrected chi connectivity index (χ2v) is 3.74. The largest absolute Gasteiger partial charge is 0.475 e. The van der Waals surface area contributed by atoms with Crippen LogP contribution < -0.4 is 10.1 Å². The number of benzene rings is 1. The van der Waals surface area contributed by atoms with Crippen LogP contribution in [0.5, 0.6) is 5.88 Å². The van der Waals surface area contributed by atoms with E-state index in [1.807, 2.05) is 25.2 Å².